The van der Waals surface area contributed by atoms with Crippen LogP contribution >= 0.6 is 23.5 Å². The maximum Gasteiger partial charge on any atom is 0.238 e. The largest absolute Gasteiger partial charge is 0.481 e. The molecule has 1 aromatic carbocycles. The average molecular weight is 457 g/mol. The van der Waals surface area contributed by atoms with Gasteiger partial charge in [0.05, 0.1) is 31.1 Å². The monoisotopic (exact) mass is 456 g/mol. The van der Waals surface area contributed by atoms with Gasteiger partial charge >= 0.3 is 0 Å². The summed E-state index contributed by atoms with van der Waals surface area (Å²) in [6.07, 6.45) is 1.73. The minimum absolute atomic E-state index is 0.0400. The van der Waals surface area contributed by atoms with Gasteiger partial charge in [-0.25, -0.2) is 4.98 Å². The molecule has 2 aromatic heterocycles. The number of hydrogen-bond acceptors (Lipinski definition) is 8. The highest BCUT2D eigenvalue weighted by atomic mass is 32.2. The first-order valence-electron chi connectivity index (χ1n) is 9.63. The van der Waals surface area contributed by atoms with E-state index < -0.39 is 0 Å². The fourth-order valence-corrected chi connectivity index (χ4v) is 4.37. The number of aromatic nitrogens is 3. The van der Waals surface area contributed by atoms with Crippen LogP contribution in [-0.2, 0) is 10.5 Å². The molecule has 0 unspecified atom stereocenters. The Morgan fingerprint density at radius 3 is 2.39 bits per heavy atom. The van der Waals surface area contributed by atoms with E-state index in [9.17, 15) is 4.79 Å². The molecular formula is C22H24N4O3S2. The van der Waals surface area contributed by atoms with E-state index in [0.29, 0.717) is 29.9 Å². The van der Waals surface area contributed by atoms with E-state index in [1.165, 1.54) is 11.8 Å². The summed E-state index contributed by atoms with van der Waals surface area (Å²) in [5, 5.41) is 3.48. The molecule has 0 fully saturated rings. The summed E-state index contributed by atoms with van der Waals surface area (Å²) < 4.78 is 10.3. The third-order valence-electron chi connectivity index (χ3n) is 4.14. The summed E-state index contributed by atoms with van der Waals surface area (Å²) in [4.78, 5) is 25.9. The van der Waals surface area contributed by atoms with Crippen LogP contribution in [0.3, 0.4) is 0 Å². The number of methoxy groups -OCH3 is 2. The first-order valence-corrected chi connectivity index (χ1v) is 11.7. The quantitative estimate of drug-likeness (QED) is 0.345. The molecule has 162 valence electrons. The third kappa shape index (κ3) is 7.15. The van der Waals surface area contributed by atoms with Crippen LogP contribution in [0.5, 0.6) is 11.8 Å². The maximum atomic E-state index is 12.9. The zero-order valence-corrected chi connectivity index (χ0v) is 19.0. The van der Waals surface area contributed by atoms with E-state index in [1.54, 1.807) is 38.2 Å². The standard InChI is InChI=1S/C22H24N4O3S2/c1-28-18-14-19(29-2)26-17(25-18)15-30-13-12-24-22(27)21(16-8-4-3-5-9-16)31-20-10-6-7-11-23-20/h3-11,14,21H,12-13,15H2,1-2H3,(H,24,27)/t21-/m0/s1. The lowest BCUT2D eigenvalue weighted by atomic mass is 10.1. The van der Waals surface area contributed by atoms with Crippen molar-refractivity contribution in [2.45, 2.75) is 16.0 Å². The number of thioether (sulfide) groups is 2. The summed E-state index contributed by atoms with van der Waals surface area (Å²) >= 11 is 3.07. The lowest BCUT2D eigenvalue weighted by Crippen LogP contribution is -2.30. The molecular weight excluding hydrogens is 432 g/mol. The Kier molecular flexibility index (Phi) is 8.99. The number of ether oxygens (including phenoxy) is 2. The number of pyridine rings is 1. The van der Waals surface area contributed by atoms with Crippen LogP contribution in [0.25, 0.3) is 0 Å². The minimum atomic E-state index is -0.368. The van der Waals surface area contributed by atoms with Crippen molar-refractivity contribution in [2.75, 3.05) is 26.5 Å². The summed E-state index contributed by atoms with van der Waals surface area (Å²) in [6.45, 7) is 0.538. The highest BCUT2D eigenvalue weighted by Gasteiger charge is 2.22. The predicted octanol–water partition coefficient (Wildman–Crippen LogP) is 3.77. The van der Waals surface area contributed by atoms with Gasteiger partial charge in [-0.3, -0.25) is 4.79 Å². The normalized spacial score (nSPS) is 11.5. The number of nitrogens with one attached hydrogen (secondary N) is 1. The second-order valence-electron chi connectivity index (χ2n) is 6.29. The van der Waals surface area contributed by atoms with Crippen molar-refractivity contribution in [1.82, 2.24) is 20.3 Å². The molecule has 1 amide bonds. The molecule has 1 atom stereocenters. The van der Waals surface area contributed by atoms with Gasteiger partial charge in [-0.1, -0.05) is 48.2 Å². The number of nitrogens with zero attached hydrogens (tertiary/aromatic N) is 3. The Labute approximate surface area is 190 Å². The molecule has 1 N–H and O–H groups in total. The lowest BCUT2D eigenvalue weighted by molar-refractivity contribution is -0.120. The number of carbonyl (C=O) groups is 1. The van der Waals surface area contributed by atoms with Crippen LogP contribution < -0.4 is 14.8 Å². The molecule has 0 saturated heterocycles. The van der Waals surface area contributed by atoms with Gasteiger partial charge in [0.25, 0.3) is 0 Å². The Morgan fingerprint density at radius 2 is 1.74 bits per heavy atom. The zero-order chi connectivity index (χ0) is 21.9. The van der Waals surface area contributed by atoms with Crippen molar-refractivity contribution in [3.8, 4) is 11.8 Å². The Morgan fingerprint density at radius 1 is 1.03 bits per heavy atom. The van der Waals surface area contributed by atoms with Crippen molar-refractivity contribution in [1.29, 1.82) is 0 Å². The Balaban J connectivity index is 1.53. The molecule has 31 heavy (non-hydrogen) atoms. The smallest absolute Gasteiger partial charge is 0.238 e. The molecule has 9 heteroatoms. The summed E-state index contributed by atoms with van der Waals surface area (Å²) in [7, 11) is 3.11. The summed E-state index contributed by atoms with van der Waals surface area (Å²) in [6, 6.07) is 17.1. The van der Waals surface area contributed by atoms with Crippen molar-refractivity contribution in [2.24, 2.45) is 0 Å². The first kappa shape index (κ1) is 22.9. The summed E-state index contributed by atoms with van der Waals surface area (Å²) in [5.74, 6) is 2.83. The van der Waals surface area contributed by atoms with Crippen molar-refractivity contribution < 1.29 is 14.3 Å². The molecule has 0 bridgehead atoms. The van der Waals surface area contributed by atoms with Gasteiger partial charge in [-0.2, -0.15) is 21.7 Å². The molecule has 2 heterocycles. The van der Waals surface area contributed by atoms with E-state index in [1.807, 2.05) is 48.5 Å². The topological polar surface area (TPSA) is 86.2 Å². The third-order valence-corrected chi connectivity index (χ3v) is 6.30. The van der Waals surface area contributed by atoms with Crippen LogP contribution in [0, 0.1) is 0 Å². The van der Waals surface area contributed by atoms with Gasteiger partial charge in [0, 0.05) is 18.5 Å². The molecule has 0 radical (unpaired) electrons. The fourth-order valence-electron chi connectivity index (χ4n) is 2.66. The lowest BCUT2D eigenvalue weighted by Gasteiger charge is -2.16. The van der Waals surface area contributed by atoms with Gasteiger partial charge in [0.1, 0.15) is 11.1 Å². The van der Waals surface area contributed by atoms with Gasteiger partial charge < -0.3 is 14.8 Å². The highest BCUT2D eigenvalue weighted by molar-refractivity contribution is 8.00. The van der Waals surface area contributed by atoms with Crippen LogP contribution in [-0.4, -0.2) is 47.4 Å². The van der Waals surface area contributed by atoms with E-state index in [2.05, 4.69) is 20.3 Å². The van der Waals surface area contributed by atoms with Gasteiger partial charge in [-0.05, 0) is 17.7 Å². The van der Waals surface area contributed by atoms with E-state index in [4.69, 9.17) is 9.47 Å². The van der Waals surface area contributed by atoms with Crippen molar-refractivity contribution in [3.63, 3.8) is 0 Å². The average Bonchev–Trinajstić information content (AvgIpc) is 2.83. The van der Waals surface area contributed by atoms with Crippen molar-refractivity contribution in [3.05, 3.63) is 72.2 Å². The Hall–Kier alpha value is -2.78. The molecule has 0 saturated carbocycles. The molecule has 0 spiro atoms. The second-order valence-corrected chi connectivity index (χ2v) is 8.52. The summed E-state index contributed by atoms with van der Waals surface area (Å²) in [5.41, 5.74) is 0.945. The number of amides is 1. The van der Waals surface area contributed by atoms with Crippen LogP contribution in [0.15, 0.2) is 65.8 Å². The number of hydrogen-bond donors (Lipinski definition) is 1. The maximum absolute atomic E-state index is 12.9. The fraction of sp³-hybridized carbons (Fsp3) is 0.273. The molecule has 3 rings (SSSR count). The highest BCUT2D eigenvalue weighted by Crippen LogP contribution is 2.34. The van der Waals surface area contributed by atoms with Crippen molar-refractivity contribution >= 4 is 29.4 Å². The van der Waals surface area contributed by atoms with E-state index in [-0.39, 0.29) is 11.2 Å². The minimum Gasteiger partial charge on any atom is -0.481 e. The predicted molar refractivity (Wildman–Crippen MR) is 124 cm³/mol. The molecule has 0 aliphatic heterocycles. The molecule has 7 nitrogen and oxygen atoms in total. The van der Waals surface area contributed by atoms with Crippen LogP contribution in [0.4, 0.5) is 0 Å². The van der Waals surface area contributed by atoms with E-state index >= 15 is 0 Å². The van der Waals surface area contributed by atoms with Crippen LogP contribution in [0.2, 0.25) is 0 Å². The second kappa shape index (κ2) is 12.2. The van der Waals surface area contributed by atoms with Gasteiger partial charge in [0.2, 0.25) is 17.7 Å². The SMILES string of the molecule is COc1cc(OC)nc(CSCCNC(=O)[C@@H](Sc2ccccn2)c2ccccc2)n1. The van der Waals surface area contributed by atoms with Crippen LogP contribution in [0.1, 0.15) is 16.6 Å². The van der Waals surface area contributed by atoms with Gasteiger partial charge in [-0.15, -0.1) is 0 Å². The zero-order valence-electron chi connectivity index (χ0n) is 17.4. The molecule has 0 aliphatic rings. The Bertz CT molecular complexity index is 939. The number of benzene rings is 1. The molecule has 0 aliphatic carbocycles. The first-order chi connectivity index (χ1) is 15.2. The van der Waals surface area contributed by atoms with E-state index in [0.717, 1.165) is 16.3 Å². The number of rotatable bonds is 11. The van der Waals surface area contributed by atoms with Gasteiger partial charge in [0.15, 0.2) is 0 Å². The molecule has 3 aromatic rings. The number of carbonyl (C=O) groups excluding carboxylic acids is 1.